The number of pyridine rings is 1. The largest absolute Gasteiger partial charge is 0.307 e. The highest BCUT2D eigenvalue weighted by molar-refractivity contribution is 6.04. The molecule has 0 unspecified atom stereocenters. The van der Waals surface area contributed by atoms with E-state index in [2.05, 4.69) is 26.9 Å². The molecule has 0 aliphatic heterocycles. The monoisotopic (exact) mass is 500 g/mol. The van der Waals surface area contributed by atoms with Crippen LogP contribution in [0.3, 0.4) is 0 Å². The molecule has 0 atom stereocenters. The van der Waals surface area contributed by atoms with Crippen LogP contribution in [0.5, 0.6) is 0 Å². The normalized spacial score (nSPS) is 16.3. The van der Waals surface area contributed by atoms with E-state index < -0.39 is 11.7 Å². The van der Waals surface area contributed by atoms with Gasteiger partial charge in [0.2, 0.25) is 0 Å². The zero-order valence-corrected chi connectivity index (χ0v) is 22.5. The molecule has 1 aromatic rings. The molecule has 0 radical (unpaired) electrons. The molecule has 5 nitrogen and oxygen atoms in total. The van der Waals surface area contributed by atoms with Crippen molar-refractivity contribution in [2.24, 2.45) is 9.98 Å². The van der Waals surface area contributed by atoms with E-state index in [-0.39, 0.29) is 5.57 Å². The molecule has 2 rings (SSSR count). The Morgan fingerprint density at radius 3 is 2.59 bits per heavy atom. The molecular weight excluding hydrogens is 463 g/mol. The van der Waals surface area contributed by atoms with Crippen molar-refractivity contribution in [1.82, 2.24) is 4.98 Å². The Balaban J connectivity index is 2.40. The SMILES string of the molecule is C=C(/C=C(\C=C\C=C\C)C(/C=C\C)=C(F)/C=C(\C)C(=O)Nc1cc(C2CC2)ccn1)/C(C)=N\C=N/CC. The minimum absolute atomic E-state index is 0.224. The highest BCUT2D eigenvalue weighted by Crippen LogP contribution is 2.40. The molecule has 1 aromatic heterocycles. The Bertz CT molecular complexity index is 1220. The number of nitrogens with one attached hydrogen (secondary N) is 1. The molecule has 1 aliphatic rings. The molecule has 1 amide bonds. The van der Waals surface area contributed by atoms with Crippen molar-refractivity contribution in [3.05, 3.63) is 107 Å². The number of rotatable bonds is 12. The van der Waals surface area contributed by atoms with Crippen molar-refractivity contribution in [2.75, 3.05) is 11.9 Å². The second-order valence-corrected chi connectivity index (χ2v) is 8.63. The van der Waals surface area contributed by atoms with Gasteiger partial charge in [0.1, 0.15) is 18.0 Å². The number of allylic oxidation sites excluding steroid dienone is 12. The average molecular weight is 501 g/mol. The van der Waals surface area contributed by atoms with Crippen LogP contribution in [0.25, 0.3) is 0 Å². The molecule has 1 aliphatic carbocycles. The molecule has 194 valence electrons. The summed E-state index contributed by atoms with van der Waals surface area (Å²) in [5.74, 6) is 0.0553. The molecule has 6 heteroatoms. The molecule has 0 bridgehead atoms. The second-order valence-electron chi connectivity index (χ2n) is 8.63. The Labute approximate surface area is 220 Å². The fraction of sp³-hybridized carbons (Fsp3) is 0.290. The number of carbonyl (C=O) groups is 1. The van der Waals surface area contributed by atoms with Crippen LogP contribution in [0.15, 0.2) is 112 Å². The lowest BCUT2D eigenvalue weighted by Gasteiger charge is -2.09. The van der Waals surface area contributed by atoms with E-state index in [1.165, 1.54) is 12.4 Å². The summed E-state index contributed by atoms with van der Waals surface area (Å²) >= 11 is 0. The lowest BCUT2D eigenvalue weighted by Crippen LogP contribution is -2.14. The summed E-state index contributed by atoms with van der Waals surface area (Å²) < 4.78 is 15.6. The zero-order chi connectivity index (χ0) is 27.2. The van der Waals surface area contributed by atoms with Gasteiger partial charge < -0.3 is 5.32 Å². The molecule has 0 aromatic carbocycles. The summed E-state index contributed by atoms with van der Waals surface area (Å²) in [7, 11) is 0. The summed E-state index contributed by atoms with van der Waals surface area (Å²) in [6.07, 6.45) is 19.3. The number of hydrogen-bond donors (Lipinski definition) is 1. The maximum Gasteiger partial charge on any atom is 0.252 e. The van der Waals surface area contributed by atoms with Crippen LogP contribution >= 0.6 is 0 Å². The van der Waals surface area contributed by atoms with Crippen molar-refractivity contribution in [3.8, 4) is 0 Å². The molecule has 37 heavy (non-hydrogen) atoms. The Hall–Kier alpha value is -3.93. The maximum atomic E-state index is 15.6. The molecule has 1 heterocycles. The van der Waals surface area contributed by atoms with Gasteiger partial charge in [-0.05, 0) is 94.4 Å². The molecular formula is C31H37FN4O. The third-order valence-electron chi connectivity index (χ3n) is 5.57. The number of aliphatic imine (C=N–C) groups is 2. The van der Waals surface area contributed by atoms with Gasteiger partial charge in [-0.15, -0.1) is 0 Å². The summed E-state index contributed by atoms with van der Waals surface area (Å²) in [5.41, 5.74) is 3.58. The van der Waals surface area contributed by atoms with Crippen LogP contribution in [0.1, 0.15) is 58.9 Å². The van der Waals surface area contributed by atoms with Gasteiger partial charge in [0, 0.05) is 29.6 Å². The number of carbonyl (C=O) groups excluding carboxylic acids is 1. The van der Waals surface area contributed by atoms with Gasteiger partial charge in [0.15, 0.2) is 0 Å². The Kier molecular flexibility index (Phi) is 12.1. The second kappa shape index (κ2) is 15.2. The summed E-state index contributed by atoms with van der Waals surface area (Å²) in [6, 6.07) is 3.85. The Morgan fingerprint density at radius 1 is 1.19 bits per heavy atom. The Morgan fingerprint density at radius 2 is 1.95 bits per heavy atom. The van der Waals surface area contributed by atoms with E-state index in [0.717, 1.165) is 18.4 Å². The van der Waals surface area contributed by atoms with Gasteiger partial charge in [-0.1, -0.05) is 43.0 Å². The smallest absolute Gasteiger partial charge is 0.252 e. The molecule has 1 saturated carbocycles. The summed E-state index contributed by atoms with van der Waals surface area (Å²) in [6.45, 7) is 13.8. The van der Waals surface area contributed by atoms with Crippen molar-refractivity contribution in [3.63, 3.8) is 0 Å². The van der Waals surface area contributed by atoms with Crippen LogP contribution in [-0.4, -0.2) is 29.5 Å². The van der Waals surface area contributed by atoms with Gasteiger partial charge in [-0.2, -0.15) is 0 Å². The third kappa shape index (κ3) is 9.92. The van der Waals surface area contributed by atoms with Gasteiger partial charge in [-0.3, -0.25) is 9.79 Å². The topological polar surface area (TPSA) is 66.7 Å². The number of amides is 1. The first-order chi connectivity index (χ1) is 17.8. The lowest BCUT2D eigenvalue weighted by atomic mass is 9.99. The van der Waals surface area contributed by atoms with Crippen LogP contribution in [0, 0.1) is 0 Å². The predicted octanol–water partition coefficient (Wildman–Crippen LogP) is 7.77. The first-order valence-corrected chi connectivity index (χ1v) is 12.5. The standard InChI is InChI=1S/C31H37FN4O/c1-7-10-11-13-27(18-22(4)24(6)35-21-33-9-3)28(12-8-2)29(32)19-23(5)31(37)36-30-20-26(16-17-34-30)25-14-15-25/h7-8,10-13,16-21,25H,4,9,14-15H2,1-3,5-6H3,(H,34,36,37)/b10-7+,12-8-,13-11+,23-19+,27-18+,29-28-,33-21-,35-24-. The lowest BCUT2D eigenvalue weighted by molar-refractivity contribution is -0.112. The summed E-state index contributed by atoms with van der Waals surface area (Å²) in [4.78, 5) is 25.4. The third-order valence-corrected chi connectivity index (χ3v) is 5.57. The quantitative estimate of drug-likeness (QED) is 0.138. The maximum absolute atomic E-state index is 15.6. The average Bonchev–Trinajstić information content (AvgIpc) is 3.72. The minimum Gasteiger partial charge on any atom is -0.307 e. The summed E-state index contributed by atoms with van der Waals surface area (Å²) in [5, 5.41) is 2.78. The van der Waals surface area contributed by atoms with E-state index in [4.69, 9.17) is 0 Å². The molecule has 1 fully saturated rings. The van der Waals surface area contributed by atoms with Crippen molar-refractivity contribution < 1.29 is 9.18 Å². The van der Waals surface area contributed by atoms with E-state index in [1.807, 2.05) is 58.1 Å². The highest BCUT2D eigenvalue weighted by Gasteiger charge is 2.23. The van der Waals surface area contributed by atoms with Crippen molar-refractivity contribution in [1.29, 1.82) is 0 Å². The van der Waals surface area contributed by atoms with Crippen molar-refractivity contribution >= 4 is 23.8 Å². The fourth-order valence-corrected chi connectivity index (χ4v) is 3.28. The van der Waals surface area contributed by atoms with E-state index >= 15 is 4.39 Å². The number of halogens is 1. The molecule has 0 spiro atoms. The number of aromatic nitrogens is 1. The zero-order valence-electron chi connectivity index (χ0n) is 22.5. The van der Waals surface area contributed by atoms with E-state index in [9.17, 15) is 4.79 Å². The predicted molar refractivity (Wildman–Crippen MR) is 155 cm³/mol. The van der Waals surface area contributed by atoms with Gasteiger partial charge in [0.25, 0.3) is 5.91 Å². The minimum atomic E-state index is -0.545. The van der Waals surface area contributed by atoms with Gasteiger partial charge >= 0.3 is 0 Å². The van der Waals surface area contributed by atoms with E-state index in [1.54, 1.807) is 37.4 Å². The first-order valence-electron chi connectivity index (χ1n) is 12.5. The van der Waals surface area contributed by atoms with E-state index in [0.29, 0.717) is 40.7 Å². The first kappa shape index (κ1) is 29.3. The van der Waals surface area contributed by atoms with Crippen LogP contribution in [0.4, 0.5) is 10.2 Å². The van der Waals surface area contributed by atoms with Crippen LogP contribution < -0.4 is 5.32 Å². The number of hydrogen-bond acceptors (Lipinski definition) is 3. The molecule has 0 saturated heterocycles. The van der Waals surface area contributed by atoms with Crippen LogP contribution in [0.2, 0.25) is 0 Å². The fourth-order valence-electron chi connectivity index (χ4n) is 3.28. The number of anilines is 1. The van der Waals surface area contributed by atoms with Crippen LogP contribution in [-0.2, 0) is 4.79 Å². The van der Waals surface area contributed by atoms with Crippen molar-refractivity contribution in [2.45, 2.75) is 53.4 Å². The van der Waals surface area contributed by atoms with Gasteiger partial charge in [-0.25, -0.2) is 14.4 Å². The number of nitrogens with zero attached hydrogens (tertiary/aromatic N) is 3. The van der Waals surface area contributed by atoms with Gasteiger partial charge in [0.05, 0.1) is 0 Å². The molecule has 1 N–H and O–H groups in total. The highest BCUT2D eigenvalue weighted by atomic mass is 19.1.